The Hall–Kier alpha value is -1.50. The Bertz CT molecular complexity index is 434. The van der Waals surface area contributed by atoms with Crippen molar-refractivity contribution >= 4 is 11.9 Å². The van der Waals surface area contributed by atoms with Crippen LogP contribution < -0.4 is 0 Å². The first-order valence-electron chi connectivity index (χ1n) is 11.5. The minimum Gasteiger partial charge on any atom is -0.466 e. The van der Waals surface area contributed by atoms with Gasteiger partial charge in [0.1, 0.15) is 0 Å². The maximum absolute atomic E-state index is 11.6. The standard InChI is InChI=1S/C24H42O4/c1-3-5-7-9-10-11-12-13-14-15-17-22-28-24(26)20-18-19-23(25)27-21-16-8-6-4-2/h3-14,16,18-22H2,1-2H3. The number of esters is 2. The van der Waals surface area contributed by atoms with Gasteiger partial charge in [0, 0.05) is 19.3 Å². The summed E-state index contributed by atoms with van der Waals surface area (Å²) >= 11 is 0. The van der Waals surface area contributed by atoms with E-state index in [0.29, 0.717) is 13.0 Å². The Balaban J connectivity index is 3.41. The molecule has 4 heteroatoms. The molecular formula is C24H42O4. The molecule has 162 valence electrons. The average Bonchev–Trinajstić information content (AvgIpc) is 2.68. The van der Waals surface area contributed by atoms with Crippen LogP contribution in [0.15, 0.2) is 0 Å². The van der Waals surface area contributed by atoms with Crippen LogP contribution in [0.3, 0.4) is 0 Å². The van der Waals surface area contributed by atoms with Crippen molar-refractivity contribution in [3.8, 4) is 11.8 Å². The van der Waals surface area contributed by atoms with Gasteiger partial charge >= 0.3 is 11.9 Å². The summed E-state index contributed by atoms with van der Waals surface area (Å²) in [5, 5.41) is 0. The normalized spacial score (nSPS) is 10.2. The van der Waals surface area contributed by atoms with Crippen LogP contribution in [0, 0.1) is 11.8 Å². The highest BCUT2D eigenvalue weighted by molar-refractivity contribution is 5.72. The minimum absolute atomic E-state index is 0.151. The molecule has 0 aromatic carbocycles. The topological polar surface area (TPSA) is 52.6 Å². The van der Waals surface area contributed by atoms with E-state index < -0.39 is 0 Å². The summed E-state index contributed by atoms with van der Waals surface area (Å²) in [4.78, 5) is 23.1. The lowest BCUT2D eigenvalue weighted by Gasteiger charge is -2.04. The lowest BCUT2D eigenvalue weighted by atomic mass is 10.1. The quantitative estimate of drug-likeness (QED) is 0.154. The first-order chi connectivity index (χ1) is 13.7. The highest BCUT2D eigenvalue weighted by Gasteiger charge is 2.06. The zero-order chi connectivity index (χ0) is 20.7. The number of hydrogen-bond donors (Lipinski definition) is 0. The van der Waals surface area contributed by atoms with Crippen molar-refractivity contribution in [1.82, 2.24) is 0 Å². The van der Waals surface area contributed by atoms with Gasteiger partial charge < -0.3 is 9.47 Å². The molecule has 0 aromatic rings. The van der Waals surface area contributed by atoms with Crippen molar-refractivity contribution in [2.45, 2.75) is 117 Å². The third kappa shape index (κ3) is 20.8. The van der Waals surface area contributed by atoms with Crippen LogP contribution in [0.4, 0.5) is 0 Å². The fourth-order valence-electron chi connectivity index (χ4n) is 2.84. The molecule has 0 saturated heterocycles. The largest absolute Gasteiger partial charge is 0.466 e. The van der Waals surface area contributed by atoms with Crippen LogP contribution in [0.1, 0.15) is 117 Å². The highest BCUT2D eigenvalue weighted by atomic mass is 16.5. The fraction of sp³-hybridized carbons (Fsp3) is 0.833. The Kier molecular flexibility index (Phi) is 20.6. The maximum Gasteiger partial charge on any atom is 0.306 e. The monoisotopic (exact) mass is 394 g/mol. The number of unbranched alkanes of at least 4 members (excludes halogenated alkanes) is 11. The van der Waals surface area contributed by atoms with E-state index in [2.05, 4.69) is 25.7 Å². The third-order valence-corrected chi connectivity index (χ3v) is 4.61. The van der Waals surface area contributed by atoms with Gasteiger partial charge in [-0.25, -0.2) is 0 Å². The molecule has 0 heterocycles. The lowest BCUT2D eigenvalue weighted by molar-refractivity contribution is -0.145. The molecule has 0 rings (SSSR count). The first kappa shape index (κ1) is 26.5. The van der Waals surface area contributed by atoms with Crippen molar-refractivity contribution < 1.29 is 19.1 Å². The van der Waals surface area contributed by atoms with E-state index in [1.807, 2.05) is 0 Å². The predicted octanol–water partition coefficient (Wildman–Crippen LogP) is 6.36. The van der Waals surface area contributed by atoms with E-state index in [4.69, 9.17) is 9.47 Å². The number of rotatable bonds is 18. The van der Waals surface area contributed by atoms with E-state index in [1.54, 1.807) is 0 Å². The van der Waals surface area contributed by atoms with Crippen molar-refractivity contribution in [3.05, 3.63) is 0 Å². The summed E-state index contributed by atoms with van der Waals surface area (Å²) in [5.41, 5.74) is 0. The fourth-order valence-corrected chi connectivity index (χ4v) is 2.84. The summed E-state index contributed by atoms with van der Waals surface area (Å²) in [6, 6.07) is 0. The molecule has 0 radical (unpaired) electrons. The molecule has 0 aliphatic rings. The predicted molar refractivity (Wildman–Crippen MR) is 115 cm³/mol. The van der Waals surface area contributed by atoms with Crippen molar-refractivity contribution in [3.63, 3.8) is 0 Å². The van der Waals surface area contributed by atoms with E-state index in [9.17, 15) is 9.59 Å². The summed E-state index contributed by atoms with van der Waals surface area (Å²) in [6.07, 6.45) is 16.5. The summed E-state index contributed by atoms with van der Waals surface area (Å²) in [5.74, 6) is 5.44. The van der Waals surface area contributed by atoms with E-state index in [0.717, 1.165) is 25.7 Å². The molecule has 0 amide bonds. The second kappa shape index (κ2) is 21.8. The number of hydrogen-bond acceptors (Lipinski definition) is 4. The van der Waals surface area contributed by atoms with Gasteiger partial charge in [-0.15, -0.1) is 0 Å². The van der Waals surface area contributed by atoms with Gasteiger partial charge in [-0.05, 0) is 19.3 Å². The first-order valence-corrected chi connectivity index (χ1v) is 11.5. The van der Waals surface area contributed by atoms with E-state index in [-0.39, 0.29) is 31.4 Å². The molecule has 0 saturated carbocycles. The van der Waals surface area contributed by atoms with Gasteiger partial charge in [-0.2, -0.15) is 0 Å². The molecule has 4 nitrogen and oxygen atoms in total. The molecule has 0 unspecified atom stereocenters. The second-order valence-corrected chi connectivity index (χ2v) is 7.37. The maximum atomic E-state index is 11.6. The molecule has 0 aliphatic heterocycles. The number of ether oxygens (including phenoxy) is 2. The average molecular weight is 395 g/mol. The molecule has 0 aromatic heterocycles. The van der Waals surface area contributed by atoms with Crippen LogP contribution in [-0.4, -0.2) is 25.2 Å². The minimum atomic E-state index is -0.294. The van der Waals surface area contributed by atoms with Crippen molar-refractivity contribution in [1.29, 1.82) is 0 Å². The molecule has 0 bridgehead atoms. The van der Waals surface area contributed by atoms with Crippen LogP contribution in [0.2, 0.25) is 0 Å². The smallest absolute Gasteiger partial charge is 0.306 e. The zero-order valence-corrected chi connectivity index (χ0v) is 18.4. The van der Waals surface area contributed by atoms with Crippen LogP contribution >= 0.6 is 0 Å². The van der Waals surface area contributed by atoms with Crippen molar-refractivity contribution in [2.75, 3.05) is 13.2 Å². The summed E-state index contributed by atoms with van der Waals surface area (Å²) in [7, 11) is 0. The summed E-state index contributed by atoms with van der Waals surface area (Å²) < 4.78 is 10.2. The van der Waals surface area contributed by atoms with Gasteiger partial charge in [0.25, 0.3) is 0 Å². The third-order valence-electron chi connectivity index (χ3n) is 4.61. The van der Waals surface area contributed by atoms with E-state index >= 15 is 0 Å². The van der Waals surface area contributed by atoms with Gasteiger partial charge in [0.05, 0.1) is 6.61 Å². The van der Waals surface area contributed by atoms with Gasteiger partial charge in [0.15, 0.2) is 6.61 Å². The van der Waals surface area contributed by atoms with Crippen LogP contribution in [0.5, 0.6) is 0 Å². The Morgan fingerprint density at radius 1 is 0.607 bits per heavy atom. The molecular weight excluding hydrogens is 352 g/mol. The van der Waals surface area contributed by atoms with Gasteiger partial charge in [-0.1, -0.05) is 89.9 Å². The van der Waals surface area contributed by atoms with Crippen LogP contribution in [0.25, 0.3) is 0 Å². The molecule has 28 heavy (non-hydrogen) atoms. The van der Waals surface area contributed by atoms with Crippen LogP contribution in [-0.2, 0) is 19.1 Å². The van der Waals surface area contributed by atoms with Crippen molar-refractivity contribution in [2.24, 2.45) is 0 Å². The second-order valence-electron chi connectivity index (χ2n) is 7.37. The molecule has 0 fully saturated rings. The SMILES string of the molecule is CCCCCCCCCCC#CCOC(=O)CCCC(=O)OCCCCCC. The molecule has 0 spiro atoms. The molecule has 0 N–H and O–H groups in total. The Morgan fingerprint density at radius 3 is 1.79 bits per heavy atom. The number of carbonyl (C=O) groups is 2. The molecule has 0 aliphatic carbocycles. The highest BCUT2D eigenvalue weighted by Crippen LogP contribution is 2.09. The summed E-state index contributed by atoms with van der Waals surface area (Å²) in [6.45, 7) is 5.02. The Labute approximate surface area is 173 Å². The Morgan fingerprint density at radius 2 is 1.14 bits per heavy atom. The number of carbonyl (C=O) groups excluding carboxylic acids is 2. The van der Waals surface area contributed by atoms with Gasteiger partial charge in [0.2, 0.25) is 0 Å². The van der Waals surface area contributed by atoms with E-state index in [1.165, 1.54) is 57.8 Å². The van der Waals surface area contributed by atoms with Gasteiger partial charge in [-0.3, -0.25) is 9.59 Å². The lowest BCUT2D eigenvalue weighted by Crippen LogP contribution is -2.09. The zero-order valence-electron chi connectivity index (χ0n) is 18.4. The molecule has 0 atom stereocenters.